The lowest BCUT2D eigenvalue weighted by atomic mass is 10.4. The Morgan fingerprint density at radius 2 is 1.46 bits per heavy atom. The quantitative estimate of drug-likeness (QED) is 0.691. The number of rotatable bonds is 3. The van der Waals surface area contributed by atoms with E-state index in [9.17, 15) is 0 Å². The van der Waals surface area contributed by atoms with Gasteiger partial charge in [0.05, 0.1) is 0 Å². The van der Waals surface area contributed by atoms with E-state index in [1.807, 2.05) is 27.7 Å². The molecule has 1 rings (SSSR count). The van der Waals surface area contributed by atoms with E-state index < -0.39 is 0 Å². The molecule has 0 saturated carbocycles. The Kier molecular flexibility index (Phi) is 18.0. The Hall–Kier alpha value is 0.310. The van der Waals surface area contributed by atoms with Crippen molar-refractivity contribution in [3.8, 4) is 0 Å². The molecule has 1 saturated heterocycles. The Labute approximate surface area is 90.3 Å². The maximum atomic E-state index is 4.17. The summed E-state index contributed by atoms with van der Waals surface area (Å²) in [5, 5.41) is 0. The number of likely N-dealkylation sites (tertiary alicyclic amines) is 1. The lowest BCUT2D eigenvalue weighted by Gasteiger charge is -2.12. The summed E-state index contributed by atoms with van der Waals surface area (Å²) < 4.78 is 0. The molecule has 0 N–H and O–H groups in total. The third kappa shape index (κ3) is 10.2. The van der Waals surface area contributed by atoms with Crippen LogP contribution >= 0.6 is 12.6 Å². The van der Waals surface area contributed by atoms with E-state index in [4.69, 9.17) is 0 Å². The molecule has 1 aliphatic rings. The van der Waals surface area contributed by atoms with E-state index in [0.29, 0.717) is 0 Å². The molecule has 2 heteroatoms. The van der Waals surface area contributed by atoms with Crippen LogP contribution in [0, 0.1) is 0 Å². The Morgan fingerprint density at radius 1 is 1.00 bits per heavy atom. The van der Waals surface area contributed by atoms with E-state index in [2.05, 4.69) is 17.5 Å². The van der Waals surface area contributed by atoms with Gasteiger partial charge in [-0.2, -0.15) is 12.6 Å². The molecule has 0 aromatic carbocycles. The van der Waals surface area contributed by atoms with Crippen molar-refractivity contribution in [1.29, 1.82) is 0 Å². The fraction of sp³-hybridized carbons (Fsp3) is 1.00. The summed E-state index contributed by atoms with van der Waals surface area (Å²) in [6.45, 7) is 11.9. The molecule has 1 heterocycles. The van der Waals surface area contributed by atoms with Crippen LogP contribution in [0.1, 0.15) is 47.0 Å². The summed E-state index contributed by atoms with van der Waals surface area (Å²) in [5.74, 6) is 1.04. The van der Waals surface area contributed by atoms with Crippen molar-refractivity contribution in [3.63, 3.8) is 0 Å². The molecule has 82 valence electrons. The summed E-state index contributed by atoms with van der Waals surface area (Å²) in [5.41, 5.74) is 0. The van der Waals surface area contributed by atoms with Crippen LogP contribution in [0.15, 0.2) is 0 Å². The second-order valence-electron chi connectivity index (χ2n) is 2.63. The Bertz CT molecular complexity index is 70.5. The molecule has 1 aliphatic heterocycles. The SMILES string of the molecule is CC.CC.SCCCN1CCCC1. The molecule has 0 unspecified atom stereocenters. The highest BCUT2D eigenvalue weighted by atomic mass is 32.1. The van der Waals surface area contributed by atoms with E-state index in [1.165, 1.54) is 38.9 Å². The zero-order valence-corrected chi connectivity index (χ0v) is 10.7. The zero-order valence-electron chi connectivity index (χ0n) is 9.84. The molecule has 0 aromatic rings. The Morgan fingerprint density at radius 3 is 1.85 bits per heavy atom. The van der Waals surface area contributed by atoms with Gasteiger partial charge in [-0.15, -0.1) is 0 Å². The number of hydrogen-bond donors (Lipinski definition) is 1. The molecule has 0 bridgehead atoms. The predicted octanol–water partition coefficient (Wildman–Crippen LogP) is 3.45. The lowest BCUT2D eigenvalue weighted by molar-refractivity contribution is 0.341. The predicted molar refractivity (Wildman–Crippen MR) is 66.8 cm³/mol. The smallest absolute Gasteiger partial charge is 0.00110 e. The minimum Gasteiger partial charge on any atom is -0.303 e. The highest BCUT2D eigenvalue weighted by molar-refractivity contribution is 7.80. The molecule has 1 nitrogen and oxygen atoms in total. The van der Waals surface area contributed by atoms with Gasteiger partial charge in [0.25, 0.3) is 0 Å². The molecule has 0 spiro atoms. The van der Waals surface area contributed by atoms with E-state index in [0.717, 1.165) is 5.75 Å². The Balaban J connectivity index is 0. The monoisotopic (exact) mass is 205 g/mol. The van der Waals surface area contributed by atoms with Crippen molar-refractivity contribution in [2.75, 3.05) is 25.4 Å². The molecule has 13 heavy (non-hydrogen) atoms. The van der Waals surface area contributed by atoms with Crippen molar-refractivity contribution in [1.82, 2.24) is 4.90 Å². The summed E-state index contributed by atoms with van der Waals surface area (Å²) >= 11 is 4.17. The van der Waals surface area contributed by atoms with Crippen LogP contribution in [0.5, 0.6) is 0 Å². The first-order chi connectivity index (χ1) is 6.43. The number of thiol groups is 1. The minimum absolute atomic E-state index is 1.04. The van der Waals surface area contributed by atoms with Crippen LogP contribution in [-0.2, 0) is 0 Å². The molecule has 0 radical (unpaired) electrons. The molecule has 0 aliphatic carbocycles. The number of hydrogen-bond acceptors (Lipinski definition) is 2. The van der Waals surface area contributed by atoms with Gasteiger partial charge < -0.3 is 4.90 Å². The molecule has 0 amide bonds. The van der Waals surface area contributed by atoms with Gasteiger partial charge in [0.15, 0.2) is 0 Å². The van der Waals surface area contributed by atoms with Crippen LogP contribution in [0.2, 0.25) is 0 Å². The normalized spacial score (nSPS) is 15.5. The fourth-order valence-electron chi connectivity index (χ4n) is 1.30. The summed E-state index contributed by atoms with van der Waals surface area (Å²) in [7, 11) is 0. The molecule has 0 atom stereocenters. The molecule has 1 fully saturated rings. The van der Waals surface area contributed by atoms with Crippen LogP contribution in [0.25, 0.3) is 0 Å². The third-order valence-corrected chi connectivity index (χ3v) is 2.15. The van der Waals surface area contributed by atoms with Crippen molar-refractivity contribution >= 4 is 12.6 Å². The number of nitrogens with zero attached hydrogens (tertiary/aromatic N) is 1. The first-order valence-electron chi connectivity index (χ1n) is 5.76. The summed E-state index contributed by atoms with van der Waals surface area (Å²) in [6.07, 6.45) is 4.07. The van der Waals surface area contributed by atoms with Crippen molar-refractivity contribution in [2.45, 2.75) is 47.0 Å². The van der Waals surface area contributed by atoms with E-state index >= 15 is 0 Å². The molecular weight excluding hydrogens is 178 g/mol. The van der Waals surface area contributed by atoms with Gasteiger partial charge in [-0.05, 0) is 44.6 Å². The average Bonchev–Trinajstić information content (AvgIpc) is 2.73. The fourth-order valence-corrected chi connectivity index (χ4v) is 1.44. The van der Waals surface area contributed by atoms with Gasteiger partial charge in [0.2, 0.25) is 0 Å². The van der Waals surface area contributed by atoms with Crippen molar-refractivity contribution in [2.24, 2.45) is 0 Å². The second-order valence-corrected chi connectivity index (χ2v) is 3.07. The second kappa shape index (κ2) is 14.8. The van der Waals surface area contributed by atoms with Gasteiger partial charge >= 0.3 is 0 Å². The summed E-state index contributed by atoms with van der Waals surface area (Å²) in [4.78, 5) is 2.52. The minimum atomic E-state index is 1.04. The topological polar surface area (TPSA) is 3.24 Å². The van der Waals surface area contributed by atoms with Gasteiger partial charge in [0.1, 0.15) is 0 Å². The average molecular weight is 205 g/mol. The lowest BCUT2D eigenvalue weighted by Crippen LogP contribution is -2.20. The van der Waals surface area contributed by atoms with Gasteiger partial charge in [-0.1, -0.05) is 27.7 Å². The highest BCUT2D eigenvalue weighted by Crippen LogP contribution is 2.07. The van der Waals surface area contributed by atoms with Gasteiger partial charge in [-0.3, -0.25) is 0 Å². The van der Waals surface area contributed by atoms with Crippen LogP contribution in [0.3, 0.4) is 0 Å². The van der Waals surface area contributed by atoms with Crippen LogP contribution in [-0.4, -0.2) is 30.3 Å². The standard InChI is InChI=1S/C7H15NS.2C2H6/c9-7-3-6-8-4-1-2-5-8;2*1-2/h9H,1-7H2;2*1-2H3. The van der Waals surface area contributed by atoms with Crippen LogP contribution in [0.4, 0.5) is 0 Å². The van der Waals surface area contributed by atoms with Gasteiger partial charge in [0, 0.05) is 0 Å². The molecule has 0 aromatic heterocycles. The maximum Gasteiger partial charge on any atom is -0.00110 e. The third-order valence-electron chi connectivity index (χ3n) is 1.83. The van der Waals surface area contributed by atoms with E-state index in [-0.39, 0.29) is 0 Å². The van der Waals surface area contributed by atoms with E-state index in [1.54, 1.807) is 0 Å². The maximum absolute atomic E-state index is 4.17. The largest absolute Gasteiger partial charge is 0.303 e. The van der Waals surface area contributed by atoms with Crippen molar-refractivity contribution in [3.05, 3.63) is 0 Å². The van der Waals surface area contributed by atoms with Crippen molar-refractivity contribution < 1.29 is 0 Å². The molecular formula is C11H27NS. The first-order valence-corrected chi connectivity index (χ1v) is 6.40. The summed E-state index contributed by atoms with van der Waals surface area (Å²) in [6, 6.07) is 0. The zero-order chi connectivity index (χ0) is 10.5. The first kappa shape index (κ1) is 15.8. The van der Waals surface area contributed by atoms with Gasteiger partial charge in [-0.25, -0.2) is 0 Å². The van der Waals surface area contributed by atoms with Crippen LogP contribution < -0.4 is 0 Å². The highest BCUT2D eigenvalue weighted by Gasteiger charge is 2.09.